The minimum atomic E-state index is -0.569. The fraction of sp³-hybridized carbons (Fsp3) is 0.415. The monoisotopic (exact) mass is 1140 g/mol. The van der Waals surface area contributed by atoms with Gasteiger partial charge in [-0.05, 0) is 166 Å². The smallest absolute Gasteiger partial charge is 0.271 e. The van der Waals surface area contributed by atoms with Crippen LogP contribution in [0.15, 0.2) is 116 Å². The number of halogens is 1. The first-order valence-corrected chi connectivity index (χ1v) is 27.0. The number of epoxide rings is 1. The van der Waals surface area contributed by atoms with Gasteiger partial charge in [-0.1, -0.05) is 145 Å². The first kappa shape index (κ1) is 72.7. The van der Waals surface area contributed by atoms with Gasteiger partial charge in [0, 0.05) is 5.54 Å². The number of aliphatic hydroxyl groups excluding tert-OH is 3. The Balaban J connectivity index is 0.000000495. The molecule has 6 aromatic rings. The van der Waals surface area contributed by atoms with Gasteiger partial charge in [-0.25, -0.2) is 0 Å². The molecule has 18 heteroatoms. The van der Waals surface area contributed by atoms with Crippen molar-refractivity contribution < 1.29 is 20.1 Å². The zero-order valence-electron chi connectivity index (χ0n) is 50.0. The lowest BCUT2D eigenvalue weighted by Crippen LogP contribution is -2.26. The first-order valence-electron chi connectivity index (χ1n) is 26.7. The number of nitrogens with two attached hydrogens (primary N) is 1. The van der Waals surface area contributed by atoms with E-state index < -0.39 is 18.3 Å². The van der Waals surface area contributed by atoms with Gasteiger partial charge in [0.05, 0.1) is 6.61 Å². The summed E-state index contributed by atoms with van der Waals surface area (Å²) in [4.78, 5) is 43.2. The molecular weight excluding hydrogens is 1060 g/mol. The third-order valence-electron chi connectivity index (χ3n) is 10.6. The van der Waals surface area contributed by atoms with Gasteiger partial charge in [0.15, 0.2) is 28.5 Å². The number of nitrogens with zero attached hydrogens (tertiary/aromatic N) is 12. The van der Waals surface area contributed by atoms with Gasteiger partial charge < -0.3 is 54.9 Å². The van der Waals surface area contributed by atoms with Crippen LogP contribution in [0.5, 0.6) is 0 Å². The van der Waals surface area contributed by atoms with Crippen LogP contribution in [0.25, 0.3) is 35.1 Å². The van der Waals surface area contributed by atoms with E-state index in [0.717, 1.165) is 37.3 Å². The minimum absolute atomic E-state index is 0. The third kappa shape index (κ3) is 35.9. The molecule has 436 valence electrons. The third-order valence-corrected chi connectivity index (χ3v) is 10.8. The van der Waals surface area contributed by atoms with Crippen molar-refractivity contribution in [2.75, 3.05) is 6.61 Å². The molecule has 2 unspecified atom stereocenters. The molecule has 0 spiro atoms. The highest BCUT2D eigenvalue weighted by molar-refractivity contribution is 6.29. The maximum atomic E-state index is 9.94. The van der Waals surface area contributed by atoms with Crippen molar-refractivity contribution >= 4 is 52.6 Å². The Morgan fingerprint density at radius 1 is 0.494 bits per heavy atom. The topological polar surface area (TPSA) is 203 Å². The van der Waals surface area contributed by atoms with Gasteiger partial charge in [-0.2, -0.15) is 0 Å². The molecule has 1 fully saturated rings. The summed E-state index contributed by atoms with van der Waals surface area (Å²) in [6.45, 7) is 70.0. The molecule has 4 atom stereocenters. The van der Waals surface area contributed by atoms with E-state index in [9.17, 15) is 15.3 Å². The number of hydrogen-bond donors (Lipinski definition) is 4. The van der Waals surface area contributed by atoms with E-state index in [0.29, 0.717) is 76.4 Å². The van der Waals surface area contributed by atoms with Crippen LogP contribution in [0.4, 0.5) is 34.9 Å². The molecule has 0 radical (unpaired) electrons. The Hall–Kier alpha value is -8.33. The summed E-state index contributed by atoms with van der Waals surface area (Å²) in [6.07, 6.45) is 4.89. The Bertz CT molecular complexity index is 3000. The van der Waals surface area contributed by atoms with E-state index >= 15 is 0 Å². The summed E-state index contributed by atoms with van der Waals surface area (Å²) in [5.41, 5.74) is 9.38. The van der Waals surface area contributed by atoms with E-state index in [1.807, 2.05) is 39.0 Å². The largest absolute Gasteiger partial charge is 0.385 e. The Morgan fingerprint density at radius 2 is 0.771 bits per heavy atom. The molecule has 7 heterocycles. The second-order valence-corrected chi connectivity index (χ2v) is 23.7. The molecule has 1 aliphatic rings. The maximum absolute atomic E-state index is 9.94. The van der Waals surface area contributed by atoms with Crippen molar-refractivity contribution in [2.24, 2.45) is 22.0 Å². The molecule has 0 saturated carbocycles. The average molecular weight is 1140 g/mol. The Kier molecular flexibility index (Phi) is 32.3. The zero-order valence-corrected chi connectivity index (χ0v) is 50.8. The molecule has 17 nitrogen and oxygen atoms in total. The van der Waals surface area contributed by atoms with Crippen LogP contribution in [0.2, 0.25) is 5.15 Å². The summed E-state index contributed by atoms with van der Waals surface area (Å²) in [6, 6.07) is 31.1. The van der Waals surface area contributed by atoms with Crippen LogP contribution < -0.4 is 5.73 Å². The molecule has 1 aliphatic heterocycles. The van der Waals surface area contributed by atoms with Gasteiger partial charge in [0.1, 0.15) is 24.4 Å². The lowest BCUT2D eigenvalue weighted by atomic mass is 9.89. The molecule has 1 saturated heterocycles. The number of ether oxygens (including phenoxy) is 1. The summed E-state index contributed by atoms with van der Waals surface area (Å²) in [5, 5.41) is 30.2. The molecule has 83 heavy (non-hydrogen) atoms. The molecule has 0 aliphatic carbocycles. The quantitative estimate of drug-likeness (QED) is 0.0546. The molecular formula is C65H80ClN13O4. The van der Waals surface area contributed by atoms with Gasteiger partial charge >= 0.3 is 0 Å². The normalized spacial score (nSPS) is 13.0. The van der Waals surface area contributed by atoms with Crippen molar-refractivity contribution in [2.45, 2.75) is 152 Å². The SMILES string of the molecule is CC(C)(C)N.[C-]#[N+]c1cccc(C(O)CCC(C)(C)C)n1.[C-]#[N+]c1cccc(C2CO2)n1.[C-]#[N+]c1cccc(C=C)n1.[C-]#[N+]c1cccc(Cl)n1.[C-]#[N+]c1cccc([C@@H](O)CCC(C)(C)C)n1.[C-]#[N+]c1cccc([C@H](O)CCC(C)(C)C)n1. The number of aliphatic hydroxyl groups is 3. The van der Waals surface area contributed by atoms with Gasteiger partial charge in [0.25, 0.3) is 34.9 Å². The highest BCUT2D eigenvalue weighted by Gasteiger charge is 2.29. The summed E-state index contributed by atoms with van der Waals surface area (Å²) in [5.74, 6) is 2.21. The average Bonchev–Trinajstić information content (AvgIpc) is 4.46. The van der Waals surface area contributed by atoms with Crippen molar-refractivity contribution in [1.29, 1.82) is 0 Å². The minimum Gasteiger partial charge on any atom is -0.385 e. The molecule has 5 N–H and O–H groups in total. The van der Waals surface area contributed by atoms with Crippen LogP contribution in [-0.2, 0) is 4.74 Å². The van der Waals surface area contributed by atoms with Gasteiger partial charge in [-0.3, -0.25) is 0 Å². The van der Waals surface area contributed by atoms with Crippen LogP contribution in [0.3, 0.4) is 0 Å². The standard InChI is InChI=1S/3C13H18N2O.C8H6N2O.C8H6N2.C6H3ClN2.C4H11N/c3*1-13(2,3)9-8-11(16)10-6-5-7-12(14-4)15-10;1-9-8-4-2-3-6(10-8)7-5-11-7;1-3-7-5-4-6-8(9-2)10-7;1-8-6-4-2-3-5(7)9-6;1-4(2,3)5/h3*5-7,11,16H,8-9H2,1-3H3;2-4,7H,5H2;3-6H,1H2;2-4H;5H2,1-3H3/t2*11-;;;;;/m10...../s1. The fourth-order valence-electron chi connectivity index (χ4n) is 6.19. The lowest BCUT2D eigenvalue weighted by molar-refractivity contribution is 0.143. The Labute approximate surface area is 498 Å². The van der Waals surface area contributed by atoms with Crippen molar-refractivity contribution in [3.05, 3.63) is 218 Å². The van der Waals surface area contributed by atoms with E-state index in [1.165, 1.54) is 0 Å². The number of pyridine rings is 6. The van der Waals surface area contributed by atoms with E-state index in [-0.39, 0.29) is 27.9 Å². The highest BCUT2D eigenvalue weighted by Crippen LogP contribution is 2.31. The van der Waals surface area contributed by atoms with Gasteiger partial charge in [0.2, 0.25) is 5.15 Å². The second-order valence-electron chi connectivity index (χ2n) is 23.3. The van der Waals surface area contributed by atoms with E-state index in [2.05, 4.69) is 128 Å². The molecule has 6 aromatic heterocycles. The fourth-order valence-corrected chi connectivity index (χ4v) is 6.35. The van der Waals surface area contributed by atoms with Crippen LogP contribution in [-0.4, -0.2) is 57.4 Å². The van der Waals surface area contributed by atoms with Crippen LogP contribution in [0.1, 0.15) is 174 Å². The maximum Gasteiger partial charge on any atom is 0.271 e. The molecule has 0 amide bonds. The van der Waals surface area contributed by atoms with Crippen LogP contribution >= 0.6 is 11.6 Å². The highest BCUT2D eigenvalue weighted by atomic mass is 35.5. The molecule has 0 bridgehead atoms. The summed E-state index contributed by atoms with van der Waals surface area (Å²) >= 11 is 5.47. The van der Waals surface area contributed by atoms with Crippen molar-refractivity contribution in [3.8, 4) is 0 Å². The summed E-state index contributed by atoms with van der Waals surface area (Å²) < 4.78 is 5.03. The number of rotatable bonds is 11. The Morgan fingerprint density at radius 3 is 1.05 bits per heavy atom. The zero-order chi connectivity index (χ0) is 62.8. The predicted octanol–water partition coefficient (Wildman–Crippen LogP) is 17.5. The number of hydrogen-bond acceptors (Lipinski definition) is 11. The van der Waals surface area contributed by atoms with Crippen LogP contribution in [0, 0.1) is 55.7 Å². The predicted molar refractivity (Wildman–Crippen MR) is 332 cm³/mol. The van der Waals surface area contributed by atoms with E-state index in [4.69, 9.17) is 61.5 Å². The van der Waals surface area contributed by atoms with Crippen molar-refractivity contribution in [1.82, 2.24) is 29.9 Å². The first-order chi connectivity index (χ1) is 38.9. The molecule has 7 rings (SSSR count). The molecule has 0 aromatic carbocycles. The van der Waals surface area contributed by atoms with E-state index in [1.54, 1.807) is 97.1 Å². The number of aromatic nitrogens is 6. The lowest BCUT2D eigenvalue weighted by Gasteiger charge is -2.19. The van der Waals surface area contributed by atoms with Crippen molar-refractivity contribution in [3.63, 3.8) is 0 Å². The summed E-state index contributed by atoms with van der Waals surface area (Å²) in [7, 11) is 0. The second kappa shape index (κ2) is 36.9. The van der Waals surface area contributed by atoms with Gasteiger partial charge in [-0.15, -0.1) is 29.9 Å².